The molecule has 2 heterocycles. The van der Waals surface area contributed by atoms with Crippen LogP contribution in [0.25, 0.3) is 0 Å². The zero-order chi connectivity index (χ0) is 27.4. The highest BCUT2D eigenvalue weighted by molar-refractivity contribution is 7.10. The van der Waals surface area contributed by atoms with Crippen LogP contribution >= 0.6 is 11.3 Å². The summed E-state index contributed by atoms with van der Waals surface area (Å²) < 4.78 is 22.7. The van der Waals surface area contributed by atoms with Crippen molar-refractivity contribution in [2.45, 2.75) is 31.6 Å². The molecule has 39 heavy (non-hydrogen) atoms. The maximum absolute atomic E-state index is 13.8. The van der Waals surface area contributed by atoms with Gasteiger partial charge < -0.3 is 24.3 Å². The molecule has 1 aromatic heterocycles. The van der Waals surface area contributed by atoms with E-state index in [-0.39, 0.29) is 24.9 Å². The molecule has 2 aromatic carbocycles. The lowest BCUT2D eigenvalue weighted by molar-refractivity contribution is -0.140. The average molecular weight is 546 g/mol. The van der Waals surface area contributed by atoms with Crippen LogP contribution in [-0.2, 0) is 14.3 Å². The number of carbonyl (C=O) groups excluding carboxylic acids is 2. The summed E-state index contributed by atoms with van der Waals surface area (Å²) in [6.07, 6.45) is 1.05. The molecule has 0 spiro atoms. The fourth-order valence-corrected chi connectivity index (χ4v) is 6.20. The van der Waals surface area contributed by atoms with Gasteiger partial charge >= 0.3 is 5.97 Å². The van der Waals surface area contributed by atoms with Gasteiger partial charge in [0.15, 0.2) is 17.3 Å². The number of methoxy groups -OCH3 is 2. The number of hydrogen-bond acceptors (Lipinski definition) is 8. The van der Waals surface area contributed by atoms with Gasteiger partial charge in [0.05, 0.1) is 25.7 Å². The van der Waals surface area contributed by atoms with E-state index < -0.39 is 11.9 Å². The van der Waals surface area contributed by atoms with Gasteiger partial charge in [-0.3, -0.25) is 4.79 Å². The molecule has 0 radical (unpaired) electrons. The Balaban J connectivity index is 1.48. The lowest BCUT2D eigenvalue weighted by Gasteiger charge is -2.36. The van der Waals surface area contributed by atoms with Crippen LogP contribution in [0.2, 0.25) is 0 Å². The van der Waals surface area contributed by atoms with Gasteiger partial charge in [-0.05, 0) is 43.0 Å². The maximum Gasteiger partial charge on any atom is 0.336 e. The van der Waals surface area contributed by atoms with Crippen molar-refractivity contribution in [3.05, 3.63) is 99.0 Å². The number of nitrogens with one attached hydrogen (secondary N) is 1. The third-order valence-corrected chi connectivity index (χ3v) is 8.10. The molecule has 1 aliphatic carbocycles. The largest absolute Gasteiger partial charge is 0.493 e. The molecule has 202 valence electrons. The van der Waals surface area contributed by atoms with Crippen molar-refractivity contribution in [3.63, 3.8) is 0 Å². The Labute approximate surface area is 232 Å². The monoisotopic (exact) mass is 545 g/mol. The first kappa shape index (κ1) is 26.6. The third kappa shape index (κ3) is 5.43. The second-order valence-corrected chi connectivity index (χ2v) is 10.4. The first-order valence-corrected chi connectivity index (χ1v) is 13.7. The molecule has 0 unspecified atom stereocenters. The van der Waals surface area contributed by atoms with E-state index in [1.165, 1.54) is 4.88 Å². The van der Waals surface area contributed by atoms with Crippen molar-refractivity contribution < 1.29 is 28.5 Å². The number of carbonyl (C=O) groups is 2. The first-order valence-electron chi connectivity index (χ1n) is 12.8. The zero-order valence-corrected chi connectivity index (χ0v) is 23.0. The molecule has 0 bridgehead atoms. The summed E-state index contributed by atoms with van der Waals surface area (Å²) in [4.78, 5) is 28.6. The van der Waals surface area contributed by atoms with Gasteiger partial charge in [-0.2, -0.15) is 0 Å². The molecule has 0 saturated heterocycles. The molecule has 5 rings (SSSR count). The highest BCUT2D eigenvalue weighted by atomic mass is 32.1. The van der Waals surface area contributed by atoms with Crippen molar-refractivity contribution in [3.8, 4) is 17.2 Å². The minimum atomic E-state index is -0.661. The van der Waals surface area contributed by atoms with Gasteiger partial charge in [0.1, 0.15) is 19.0 Å². The number of allylic oxidation sites excluding steroid dienone is 3. The van der Waals surface area contributed by atoms with E-state index in [0.29, 0.717) is 52.5 Å². The van der Waals surface area contributed by atoms with E-state index in [9.17, 15) is 9.59 Å². The summed E-state index contributed by atoms with van der Waals surface area (Å²) in [6.45, 7) is 2.12. The second-order valence-electron chi connectivity index (χ2n) is 9.41. The molecular formula is C31H31NO6S. The number of dihydropyridines is 1. The number of esters is 1. The fourth-order valence-electron chi connectivity index (χ4n) is 5.37. The Bertz CT molecular complexity index is 1410. The van der Waals surface area contributed by atoms with Gasteiger partial charge in [-0.1, -0.05) is 36.4 Å². The van der Waals surface area contributed by atoms with Crippen LogP contribution in [0, 0.1) is 0 Å². The summed E-state index contributed by atoms with van der Waals surface area (Å²) in [6, 6.07) is 18.9. The first-order chi connectivity index (χ1) is 19.0. The number of thiophene rings is 1. The van der Waals surface area contributed by atoms with Gasteiger partial charge in [0, 0.05) is 39.7 Å². The van der Waals surface area contributed by atoms with Gasteiger partial charge in [0.25, 0.3) is 0 Å². The van der Waals surface area contributed by atoms with E-state index in [1.54, 1.807) is 31.6 Å². The lowest BCUT2D eigenvalue weighted by Crippen LogP contribution is -2.36. The second kappa shape index (κ2) is 11.8. The van der Waals surface area contributed by atoms with Gasteiger partial charge in [-0.25, -0.2) is 4.79 Å². The van der Waals surface area contributed by atoms with Crippen LogP contribution in [0.3, 0.4) is 0 Å². The Morgan fingerprint density at radius 1 is 0.974 bits per heavy atom. The highest BCUT2D eigenvalue weighted by Gasteiger charge is 2.43. The third-order valence-electron chi connectivity index (χ3n) is 7.07. The molecule has 8 heteroatoms. The molecule has 1 aliphatic heterocycles. The molecular weight excluding hydrogens is 514 g/mol. The summed E-state index contributed by atoms with van der Waals surface area (Å²) in [7, 11) is 3.12. The number of ketones is 1. The average Bonchev–Trinajstić information content (AvgIpc) is 3.50. The van der Waals surface area contributed by atoms with Crippen molar-refractivity contribution >= 4 is 23.1 Å². The Morgan fingerprint density at radius 2 is 1.79 bits per heavy atom. The number of rotatable bonds is 9. The van der Waals surface area contributed by atoms with Crippen molar-refractivity contribution in [1.82, 2.24) is 5.32 Å². The lowest BCUT2D eigenvalue weighted by atomic mass is 9.72. The fraction of sp³-hybridized carbons (Fsp3) is 0.290. The predicted molar refractivity (Wildman–Crippen MR) is 149 cm³/mol. The van der Waals surface area contributed by atoms with E-state index >= 15 is 0 Å². The van der Waals surface area contributed by atoms with Crippen molar-refractivity contribution in [1.29, 1.82) is 0 Å². The zero-order valence-electron chi connectivity index (χ0n) is 22.2. The molecule has 0 saturated carbocycles. The van der Waals surface area contributed by atoms with Crippen LogP contribution in [0.15, 0.2) is 88.6 Å². The number of para-hydroxylation sites is 2. The van der Waals surface area contributed by atoms with E-state index in [2.05, 4.69) is 11.4 Å². The summed E-state index contributed by atoms with van der Waals surface area (Å²) in [5, 5.41) is 5.42. The minimum absolute atomic E-state index is 0.00207. The molecule has 0 amide bonds. The number of hydrogen-bond donors (Lipinski definition) is 1. The van der Waals surface area contributed by atoms with Gasteiger partial charge in [-0.15, -0.1) is 11.3 Å². The maximum atomic E-state index is 13.8. The molecule has 2 atom stereocenters. The molecule has 7 nitrogen and oxygen atoms in total. The number of Topliss-reactive ketones (excluding diaryl/α,β-unsaturated/α-hetero) is 1. The van der Waals surface area contributed by atoms with Crippen LogP contribution < -0.4 is 19.5 Å². The van der Waals surface area contributed by atoms with Crippen molar-refractivity contribution in [2.75, 3.05) is 27.4 Å². The molecule has 0 fully saturated rings. The van der Waals surface area contributed by atoms with Crippen molar-refractivity contribution in [2.24, 2.45) is 0 Å². The molecule has 3 aromatic rings. The summed E-state index contributed by atoms with van der Waals surface area (Å²) in [5.41, 5.74) is 3.12. The number of benzene rings is 2. The van der Waals surface area contributed by atoms with Crippen LogP contribution in [0.4, 0.5) is 0 Å². The normalized spacial score (nSPS) is 18.8. The van der Waals surface area contributed by atoms with Gasteiger partial charge in [0.2, 0.25) is 0 Å². The Kier molecular flexibility index (Phi) is 8.02. The number of ether oxygens (including phenoxy) is 4. The van der Waals surface area contributed by atoms with Crippen LogP contribution in [0.5, 0.6) is 17.2 Å². The molecule has 1 N–H and O–H groups in total. The van der Waals surface area contributed by atoms with E-state index in [0.717, 1.165) is 5.70 Å². The Morgan fingerprint density at radius 3 is 2.51 bits per heavy atom. The van der Waals surface area contributed by atoms with Crippen LogP contribution in [-0.4, -0.2) is 39.2 Å². The smallest absolute Gasteiger partial charge is 0.336 e. The quantitative estimate of drug-likeness (QED) is 0.271. The minimum Gasteiger partial charge on any atom is -0.493 e. The standard InChI is InChI=1S/C31H31NO6S/c1-19-27(31(34)38-15-14-37-21-9-5-4-6-10-21)28(22-11-7-12-25(35-2)30(22)36-3)29-23(32-19)17-20(18-24(29)33)26-13-8-16-39-26/h4-13,16,20,28,32H,14-15,17-18H2,1-3H3/t20-,28+/m0/s1. The SMILES string of the molecule is COc1cccc([C@@H]2C(C(=O)OCCOc3ccccc3)=C(C)NC3=C2C(=O)C[C@@H](c2cccs2)C3)c1OC. The van der Waals surface area contributed by atoms with Crippen LogP contribution in [0.1, 0.15) is 42.0 Å². The predicted octanol–water partition coefficient (Wildman–Crippen LogP) is 5.75. The van der Waals surface area contributed by atoms with E-state index in [4.69, 9.17) is 18.9 Å². The molecule has 2 aliphatic rings. The topological polar surface area (TPSA) is 83.1 Å². The summed E-state index contributed by atoms with van der Waals surface area (Å²) >= 11 is 1.66. The van der Waals surface area contributed by atoms with E-state index in [1.807, 2.05) is 60.8 Å². The summed E-state index contributed by atoms with van der Waals surface area (Å²) in [5.74, 6) is 0.631. The Hall–Kier alpha value is -4.04. The highest BCUT2D eigenvalue weighted by Crippen LogP contribution is 2.49.